The molecule has 1 aliphatic heterocycles. The van der Waals surface area contributed by atoms with Crippen LogP contribution >= 0.6 is 11.8 Å². The SMILES string of the molecule is CNc1cnc(C(C)C)nc1C(=O)N1CCSCC1C. The number of aromatic nitrogens is 2. The average Bonchev–Trinajstić information content (AvgIpc) is 2.46. The minimum Gasteiger partial charge on any atom is -0.385 e. The standard InChI is InChI=1S/C14H22N4OS/c1-9(2)13-16-7-11(15-4)12(17-13)14(19)18-5-6-20-8-10(18)3/h7,9-10,15H,5-6,8H2,1-4H3. The van der Waals surface area contributed by atoms with Crippen molar-refractivity contribution >= 4 is 23.4 Å². The number of amides is 1. The van der Waals surface area contributed by atoms with Crippen LogP contribution < -0.4 is 5.32 Å². The number of rotatable bonds is 3. The molecule has 5 nitrogen and oxygen atoms in total. The molecule has 0 radical (unpaired) electrons. The lowest BCUT2D eigenvalue weighted by Crippen LogP contribution is -2.45. The van der Waals surface area contributed by atoms with E-state index < -0.39 is 0 Å². The smallest absolute Gasteiger partial charge is 0.275 e. The third-order valence-corrected chi connectivity index (χ3v) is 4.61. The van der Waals surface area contributed by atoms with Crippen molar-refractivity contribution in [3.05, 3.63) is 17.7 Å². The van der Waals surface area contributed by atoms with E-state index >= 15 is 0 Å². The Morgan fingerprint density at radius 1 is 1.55 bits per heavy atom. The molecule has 1 N–H and O–H groups in total. The van der Waals surface area contributed by atoms with E-state index in [1.54, 1.807) is 13.2 Å². The van der Waals surface area contributed by atoms with Gasteiger partial charge in [0.1, 0.15) is 5.82 Å². The molecule has 0 spiro atoms. The number of hydrogen-bond acceptors (Lipinski definition) is 5. The predicted molar refractivity (Wildman–Crippen MR) is 83.5 cm³/mol. The van der Waals surface area contributed by atoms with E-state index in [2.05, 4.69) is 22.2 Å². The second-order valence-electron chi connectivity index (χ2n) is 5.32. The summed E-state index contributed by atoms with van der Waals surface area (Å²) in [6, 6.07) is 0.253. The Hall–Kier alpha value is -1.30. The minimum absolute atomic E-state index is 0.00597. The fourth-order valence-corrected chi connectivity index (χ4v) is 3.20. The zero-order valence-corrected chi connectivity index (χ0v) is 13.3. The normalized spacial score (nSPS) is 19.2. The van der Waals surface area contributed by atoms with Gasteiger partial charge in [0, 0.05) is 37.1 Å². The van der Waals surface area contributed by atoms with Gasteiger partial charge in [0.05, 0.1) is 11.9 Å². The number of nitrogens with one attached hydrogen (secondary N) is 1. The average molecular weight is 294 g/mol. The highest BCUT2D eigenvalue weighted by atomic mass is 32.2. The summed E-state index contributed by atoms with van der Waals surface area (Å²) in [6.45, 7) is 6.94. The van der Waals surface area contributed by atoms with Gasteiger partial charge in [0.2, 0.25) is 0 Å². The van der Waals surface area contributed by atoms with Crippen molar-refractivity contribution in [3.8, 4) is 0 Å². The Kier molecular flexibility index (Phi) is 4.86. The van der Waals surface area contributed by atoms with Crippen LogP contribution in [0.1, 0.15) is 43.0 Å². The van der Waals surface area contributed by atoms with Crippen LogP contribution in [0.4, 0.5) is 5.69 Å². The summed E-state index contributed by atoms with van der Waals surface area (Å²) in [7, 11) is 1.79. The van der Waals surface area contributed by atoms with E-state index in [4.69, 9.17) is 0 Å². The van der Waals surface area contributed by atoms with E-state index in [1.807, 2.05) is 30.5 Å². The maximum absolute atomic E-state index is 12.8. The third-order valence-electron chi connectivity index (χ3n) is 3.42. The van der Waals surface area contributed by atoms with Gasteiger partial charge in [-0.25, -0.2) is 9.97 Å². The van der Waals surface area contributed by atoms with E-state index in [1.165, 1.54) is 0 Å². The molecule has 0 aliphatic carbocycles. The van der Waals surface area contributed by atoms with Crippen molar-refractivity contribution in [1.82, 2.24) is 14.9 Å². The molecule has 2 heterocycles. The van der Waals surface area contributed by atoms with Crippen molar-refractivity contribution in [2.75, 3.05) is 30.4 Å². The van der Waals surface area contributed by atoms with E-state index in [9.17, 15) is 4.79 Å². The summed E-state index contributed by atoms with van der Waals surface area (Å²) in [5.74, 6) is 2.91. The second kappa shape index (κ2) is 6.43. The summed E-state index contributed by atoms with van der Waals surface area (Å²) < 4.78 is 0. The first-order valence-electron chi connectivity index (χ1n) is 6.98. The van der Waals surface area contributed by atoms with Crippen molar-refractivity contribution in [2.24, 2.45) is 0 Å². The van der Waals surface area contributed by atoms with Crippen molar-refractivity contribution in [1.29, 1.82) is 0 Å². The highest BCUT2D eigenvalue weighted by Crippen LogP contribution is 2.22. The van der Waals surface area contributed by atoms with Gasteiger partial charge < -0.3 is 10.2 Å². The van der Waals surface area contributed by atoms with Crippen LogP contribution in [0.15, 0.2) is 6.20 Å². The number of carbonyl (C=O) groups is 1. The van der Waals surface area contributed by atoms with E-state index in [-0.39, 0.29) is 17.9 Å². The zero-order valence-electron chi connectivity index (χ0n) is 12.5. The lowest BCUT2D eigenvalue weighted by molar-refractivity contribution is 0.0710. The number of hydrogen-bond donors (Lipinski definition) is 1. The number of nitrogens with zero attached hydrogens (tertiary/aromatic N) is 3. The van der Waals surface area contributed by atoms with Crippen LogP contribution in [-0.2, 0) is 0 Å². The topological polar surface area (TPSA) is 58.1 Å². The van der Waals surface area contributed by atoms with Crippen LogP contribution in [0.5, 0.6) is 0 Å². The molecule has 20 heavy (non-hydrogen) atoms. The summed E-state index contributed by atoms with van der Waals surface area (Å²) in [6.07, 6.45) is 1.71. The number of thioether (sulfide) groups is 1. The molecule has 6 heteroatoms. The molecule has 1 fully saturated rings. The molecular formula is C14H22N4OS. The van der Waals surface area contributed by atoms with Crippen LogP contribution in [0.2, 0.25) is 0 Å². The lowest BCUT2D eigenvalue weighted by atomic mass is 10.2. The first kappa shape index (κ1) is 15.1. The summed E-state index contributed by atoms with van der Waals surface area (Å²) in [5, 5.41) is 3.02. The first-order valence-corrected chi connectivity index (χ1v) is 8.13. The molecule has 1 aliphatic rings. The Balaban J connectivity index is 2.33. The fraction of sp³-hybridized carbons (Fsp3) is 0.643. The summed E-state index contributed by atoms with van der Waals surface area (Å²) in [4.78, 5) is 23.5. The van der Waals surface area contributed by atoms with Gasteiger partial charge in [-0.15, -0.1) is 0 Å². The monoisotopic (exact) mass is 294 g/mol. The molecule has 1 unspecified atom stereocenters. The highest BCUT2D eigenvalue weighted by Gasteiger charge is 2.27. The van der Waals surface area contributed by atoms with Gasteiger partial charge in [-0.2, -0.15) is 11.8 Å². The van der Waals surface area contributed by atoms with Gasteiger partial charge in [-0.1, -0.05) is 13.8 Å². The molecule has 1 amide bonds. The fourth-order valence-electron chi connectivity index (χ4n) is 2.18. The molecular weight excluding hydrogens is 272 g/mol. The number of anilines is 1. The van der Waals surface area contributed by atoms with Crippen molar-refractivity contribution in [2.45, 2.75) is 32.7 Å². The molecule has 110 valence electrons. The number of carbonyl (C=O) groups excluding carboxylic acids is 1. The van der Waals surface area contributed by atoms with Crippen LogP contribution in [0.25, 0.3) is 0 Å². The van der Waals surface area contributed by atoms with Gasteiger partial charge in [0.25, 0.3) is 5.91 Å². The van der Waals surface area contributed by atoms with Crippen LogP contribution in [0, 0.1) is 0 Å². The molecule has 1 atom stereocenters. The molecule has 1 saturated heterocycles. The third kappa shape index (κ3) is 3.06. The minimum atomic E-state index is 0.00597. The van der Waals surface area contributed by atoms with Gasteiger partial charge in [0.15, 0.2) is 5.69 Å². The Labute approximate surface area is 124 Å². The van der Waals surface area contributed by atoms with E-state index in [0.717, 1.165) is 18.1 Å². The zero-order chi connectivity index (χ0) is 14.7. The second-order valence-corrected chi connectivity index (χ2v) is 6.47. The van der Waals surface area contributed by atoms with Crippen molar-refractivity contribution in [3.63, 3.8) is 0 Å². The Morgan fingerprint density at radius 3 is 2.90 bits per heavy atom. The Morgan fingerprint density at radius 2 is 2.30 bits per heavy atom. The first-order chi connectivity index (χ1) is 9.54. The quantitative estimate of drug-likeness (QED) is 0.926. The molecule has 0 bridgehead atoms. The highest BCUT2D eigenvalue weighted by molar-refractivity contribution is 7.99. The predicted octanol–water partition coefficient (Wildman–Crippen LogP) is 2.22. The van der Waals surface area contributed by atoms with Gasteiger partial charge >= 0.3 is 0 Å². The molecule has 1 aromatic heterocycles. The summed E-state index contributed by atoms with van der Waals surface area (Å²) in [5.41, 5.74) is 1.19. The molecule has 1 aromatic rings. The molecule has 0 saturated carbocycles. The Bertz CT molecular complexity index is 492. The van der Waals surface area contributed by atoms with Gasteiger partial charge in [-0.05, 0) is 6.92 Å². The van der Waals surface area contributed by atoms with Gasteiger partial charge in [-0.3, -0.25) is 4.79 Å². The van der Waals surface area contributed by atoms with Crippen LogP contribution in [0.3, 0.4) is 0 Å². The van der Waals surface area contributed by atoms with Crippen molar-refractivity contribution < 1.29 is 4.79 Å². The summed E-state index contributed by atoms with van der Waals surface area (Å²) >= 11 is 1.90. The maximum Gasteiger partial charge on any atom is 0.275 e. The van der Waals surface area contributed by atoms with Crippen LogP contribution in [-0.4, -0.2) is 51.9 Å². The molecule has 0 aromatic carbocycles. The molecule has 2 rings (SSSR count). The lowest BCUT2D eigenvalue weighted by Gasteiger charge is -2.33. The van der Waals surface area contributed by atoms with E-state index in [0.29, 0.717) is 17.2 Å². The maximum atomic E-state index is 12.8. The largest absolute Gasteiger partial charge is 0.385 e.